The van der Waals surface area contributed by atoms with Crippen LogP contribution in [0.2, 0.25) is 0 Å². The third-order valence-corrected chi connectivity index (χ3v) is 4.68. The van der Waals surface area contributed by atoms with Crippen LogP contribution in [0.25, 0.3) is 11.2 Å². The molecule has 2 aliphatic heterocycles. The number of nitrogens with two attached hydrogens (primary N) is 1. The van der Waals surface area contributed by atoms with E-state index in [1.165, 1.54) is 6.33 Å². The molecule has 2 aromatic rings. The molecule has 2 aliphatic rings. The second-order valence-electron chi connectivity index (χ2n) is 6.93. The number of anilines is 1. The van der Waals surface area contributed by atoms with E-state index in [1.54, 1.807) is 6.33 Å². The highest BCUT2D eigenvalue weighted by Gasteiger charge is 2.55. The quantitative estimate of drug-likeness (QED) is 0.767. The van der Waals surface area contributed by atoms with E-state index in [0.29, 0.717) is 17.0 Å². The maximum Gasteiger partial charge on any atom is 0.167 e. The summed E-state index contributed by atoms with van der Waals surface area (Å²) in [5.74, 6) is -0.335. The Labute approximate surface area is 145 Å². The second kappa shape index (κ2) is 6.17. The fraction of sp³-hybridized carbons (Fsp3) is 0.688. The first-order chi connectivity index (χ1) is 12.0. The largest absolute Gasteiger partial charge is 0.396 e. The third kappa shape index (κ3) is 2.86. The van der Waals surface area contributed by atoms with Crippen molar-refractivity contribution >= 4 is 17.0 Å². The number of ether oxygens (including phenoxy) is 3. The summed E-state index contributed by atoms with van der Waals surface area (Å²) in [6.07, 6.45) is 4.52. The molecule has 136 valence electrons. The molecule has 4 heterocycles. The Hall–Kier alpha value is -1.81. The van der Waals surface area contributed by atoms with E-state index in [2.05, 4.69) is 15.0 Å². The standard InChI is InChI=1S/C16H23N5O4/c1-16(2)24-11-9(5-3-4-6-22)23-15(12(11)25-16)21-8-20-10-13(17)18-7-19-14(10)21/h7-9,11-12,15,22H,3-6H2,1-2H3,(H2,17,18,19)/t9-,11-,12-,15-/m1/s1. The average molecular weight is 349 g/mol. The van der Waals surface area contributed by atoms with Gasteiger partial charge in [0.25, 0.3) is 0 Å². The van der Waals surface area contributed by atoms with Gasteiger partial charge in [0.15, 0.2) is 23.5 Å². The van der Waals surface area contributed by atoms with E-state index in [4.69, 9.17) is 25.1 Å². The van der Waals surface area contributed by atoms with Gasteiger partial charge in [-0.05, 0) is 33.1 Å². The van der Waals surface area contributed by atoms with Gasteiger partial charge < -0.3 is 25.1 Å². The molecule has 9 nitrogen and oxygen atoms in total. The first-order valence-electron chi connectivity index (χ1n) is 8.55. The van der Waals surface area contributed by atoms with Gasteiger partial charge in [-0.1, -0.05) is 0 Å². The van der Waals surface area contributed by atoms with Crippen molar-refractivity contribution in [3.63, 3.8) is 0 Å². The molecule has 9 heteroatoms. The van der Waals surface area contributed by atoms with Gasteiger partial charge in [-0.2, -0.15) is 0 Å². The van der Waals surface area contributed by atoms with Gasteiger partial charge in [0.1, 0.15) is 24.1 Å². The minimum absolute atomic E-state index is 0.111. The lowest BCUT2D eigenvalue weighted by Gasteiger charge is -2.24. The summed E-state index contributed by atoms with van der Waals surface area (Å²) in [5, 5.41) is 9.02. The Balaban J connectivity index is 1.65. The minimum atomic E-state index is -0.670. The van der Waals surface area contributed by atoms with Gasteiger partial charge in [0.2, 0.25) is 0 Å². The van der Waals surface area contributed by atoms with Crippen molar-refractivity contribution in [2.24, 2.45) is 0 Å². The number of imidazole rings is 1. The highest BCUT2D eigenvalue weighted by molar-refractivity contribution is 5.81. The maximum atomic E-state index is 9.02. The number of nitrogen functional groups attached to an aromatic ring is 1. The number of aliphatic hydroxyl groups is 1. The van der Waals surface area contributed by atoms with E-state index >= 15 is 0 Å². The molecule has 0 spiro atoms. The lowest BCUT2D eigenvalue weighted by atomic mass is 10.1. The zero-order valence-corrected chi connectivity index (χ0v) is 14.3. The Morgan fingerprint density at radius 2 is 2.00 bits per heavy atom. The molecule has 0 saturated carbocycles. The van der Waals surface area contributed by atoms with E-state index in [9.17, 15) is 0 Å². The highest BCUT2D eigenvalue weighted by atomic mass is 16.8. The number of aliphatic hydroxyl groups excluding tert-OH is 1. The van der Waals surface area contributed by atoms with Crippen LogP contribution in [-0.4, -0.2) is 55.3 Å². The molecule has 2 aromatic heterocycles. The molecule has 0 aliphatic carbocycles. The molecule has 0 radical (unpaired) electrons. The molecule has 3 N–H and O–H groups in total. The molecule has 4 atom stereocenters. The molecular weight excluding hydrogens is 326 g/mol. The third-order valence-electron chi connectivity index (χ3n) is 4.68. The summed E-state index contributed by atoms with van der Waals surface area (Å²) < 4.78 is 20.3. The molecule has 2 fully saturated rings. The first-order valence-corrected chi connectivity index (χ1v) is 8.55. The van der Waals surface area contributed by atoms with Crippen LogP contribution in [0.4, 0.5) is 5.82 Å². The van der Waals surface area contributed by atoms with Gasteiger partial charge in [-0.15, -0.1) is 0 Å². The second-order valence-corrected chi connectivity index (χ2v) is 6.93. The van der Waals surface area contributed by atoms with Gasteiger partial charge in [-0.3, -0.25) is 4.57 Å². The number of unbranched alkanes of at least 4 members (excludes halogenated alkanes) is 1. The number of hydrogen-bond acceptors (Lipinski definition) is 8. The fourth-order valence-corrected chi connectivity index (χ4v) is 3.63. The van der Waals surface area contributed by atoms with Crippen molar-refractivity contribution in [1.82, 2.24) is 19.5 Å². The zero-order chi connectivity index (χ0) is 17.6. The van der Waals surface area contributed by atoms with Crippen LogP contribution in [-0.2, 0) is 14.2 Å². The fourth-order valence-electron chi connectivity index (χ4n) is 3.63. The summed E-state index contributed by atoms with van der Waals surface area (Å²) >= 11 is 0. The summed E-state index contributed by atoms with van der Waals surface area (Å²) in [6.45, 7) is 3.98. The van der Waals surface area contributed by atoms with Gasteiger partial charge in [0.05, 0.1) is 12.4 Å². The van der Waals surface area contributed by atoms with Crippen LogP contribution in [0.5, 0.6) is 0 Å². The molecule has 0 unspecified atom stereocenters. The van der Waals surface area contributed by atoms with Crippen molar-refractivity contribution in [2.75, 3.05) is 12.3 Å². The van der Waals surface area contributed by atoms with Crippen molar-refractivity contribution < 1.29 is 19.3 Å². The Kier molecular flexibility index (Phi) is 4.11. The molecule has 25 heavy (non-hydrogen) atoms. The lowest BCUT2D eigenvalue weighted by molar-refractivity contribution is -0.197. The molecule has 4 rings (SSSR count). The Morgan fingerprint density at radius 3 is 2.80 bits per heavy atom. The van der Waals surface area contributed by atoms with Gasteiger partial charge >= 0.3 is 0 Å². The summed E-state index contributed by atoms with van der Waals surface area (Å²) in [7, 11) is 0. The smallest absolute Gasteiger partial charge is 0.167 e. The normalized spacial score (nSPS) is 30.8. The molecule has 0 bridgehead atoms. The number of hydrogen-bond donors (Lipinski definition) is 2. The molecule has 0 aromatic carbocycles. The number of aromatic nitrogens is 4. The minimum Gasteiger partial charge on any atom is -0.396 e. The van der Waals surface area contributed by atoms with E-state index in [-0.39, 0.29) is 24.9 Å². The van der Waals surface area contributed by atoms with Gasteiger partial charge in [0, 0.05) is 6.61 Å². The topological polar surface area (TPSA) is 118 Å². The van der Waals surface area contributed by atoms with E-state index in [1.807, 2.05) is 18.4 Å². The SMILES string of the molecule is CC1(C)O[C@@H]2[C@H](O1)[C@@H](CCCCO)O[C@H]2n1cnc2c(N)ncnc21. The Morgan fingerprint density at radius 1 is 1.20 bits per heavy atom. The highest BCUT2D eigenvalue weighted by Crippen LogP contribution is 2.44. The number of rotatable bonds is 5. The van der Waals surface area contributed by atoms with Crippen LogP contribution in [0.1, 0.15) is 39.3 Å². The predicted octanol–water partition coefficient (Wildman–Crippen LogP) is 0.989. The molecular formula is C16H23N5O4. The van der Waals surface area contributed by atoms with E-state index < -0.39 is 12.0 Å². The van der Waals surface area contributed by atoms with Crippen LogP contribution in [0.15, 0.2) is 12.7 Å². The Bertz CT molecular complexity index is 764. The molecule has 2 saturated heterocycles. The maximum absolute atomic E-state index is 9.02. The van der Waals surface area contributed by atoms with Crippen molar-refractivity contribution in [2.45, 2.75) is 63.4 Å². The predicted molar refractivity (Wildman–Crippen MR) is 88.4 cm³/mol. The monoisotopic (exact) mass is 349 g/mol. The van der Waals surface area contributed by atoms with Gasteiger partial charge in [-0.25, -0.2) is 15.0 Å². The first kappa shape index (κ1) is 16.6. The number of nitrogens with zero attached hydrogens (tertiary/aromatic N) is 4. The van der Waals surface area contributed by atoms with E-state index in [0.717, 1.165) is 19.3 Å². The van der Waals surface area contributed by atoms with Crippen molar-refractivity contribution in [1.29, 1.82) is 0 Å². The van der Waals surface area contributed by atoms with Crippen LogP contribution < -0.4 is 5.73 Å². The average Bonchev–Trinajstić information content (AvgIpc) is 3.20. The zero-order valence-electron chi connectivity index (χ0n) is 14.3. The van der Waals surface area contributed by atoms with Crippen LogP contribution in [0, 0.1) is 0 Å². The summed E-state index contributed by atoms with van der Waals surface area (Å²) in [6, 6.07) is 0. The van der Waals surface area contributed by atoms with Crippen molar-refractivity contribution in [3.8, 4) is 0 Å². The summed E-state index contributed by atoms with van der Waals surface area (Å²) in [4.78, 5) is 12.6. The molecule has 0 amide bonds. The van der Waals surface area contributed by atoms with Crippen molar-refractivity contribution in [3.05, 3.63) is 12.7 Å². The number of fused-ring (bicyclic) bond motifs is 2. The summed E-state index contributed by atoms with van der Waals surface area (Å²) in [5.41, 5.74) is 7.04. The van der Waals surface area contributed by atoms with Crippen LogP contribution >= 0.6 is 0 Å². The van der Waals surface area contributed by atoms with Crippen LogP contribution in [0.3, 0.4) is 0 Å². The lowest BCUT2D eigenvalue weighted by Crippen LogP contribution is -2.29.